The van der Waals surface area contributed by atoms with Gasteiger partial charge in [0.15, 0.2) is 0 Å². The van der Waals surface area contributed by atoms with E-state index < -0.39 is 22.5 Å². The Morgan fingerprint density at radius 2 is 1.54 bits per heavy atom. The summed E-state index contributed by atoms with van der Waals surface area (Å²) in [6, 6.07) is 28.7. The fourth-order valence-corrected chi connectivity index (χ4v) is 5.30. The average molecular weight is 571 g/mol. The number of methoxy groups -OCH3 is 1. The Morgan fingerprint density at radius 3 is 2.20 bits per heavy atom. The number of aryl methyl sites for hydroxylation is 1. The van der Waals surface area contributed by atoms with Crippen LogP contribution in [-0.4, -0.2) is 39.6 Å². The Balaban J connectivity index is 1.48. The van der Waals surface area contributed by atoms with Gasteiger partial charge in [0.25, 0.3) is 21.8 Å². The molecular weight excluding hydrogens is 540 g/mol. The van der Waals surface area contributed by atoms with Crippen LogP contribution in [0.25, 0.3) is 0 Å². The highest BCUT2D eigenvalue weighted by Crippen LogP contribution is 2.27. The van der Waals surface area contributed by atoms with Crippen molar-refractivity contribution < 1.29 is 22.7 Å². The molecule has 0 heterocycles. The molecule has 10 heteroatoms. The molecule has 210 valence electrons. The van der Waals surface area contributed by atoms with Gasteiger partial charge in [0.1, 0.15) is 12.3 Å². The first-order chi connectivity index (χ1) is 19.7. The summed E-state index contributed by atoms with van der Waals surface area (Å²) in [6.45, 7) is 3.06. The molecule has 0 aliphatic carbocycles. The van der Waals surface area contributed by atoms with Crippen molar-refractivity contribution >= 4 is 38.9 Å². The third-order valence-corrected chi connectivity index (χ3v) is 7.97. The smallest absolute Gasteiger partial charge is 0.264 e. The van der Waals surface area contributed by atoms with Gasteiger partial charge in [-0.3, -0.25) is 13.9 Å². The molecule has 0 aliphatic rings. The molecule has 0 aromatic heterocycles. The van der Waals surface area contributed by atoms with E-state index in [9.17, 15) is 18.0 Å². The normalized spacial score (nSPS) is 11.4. The predicted octanol–water partition coefficient (Wildman–Crippen LogP) is 4.99. The minimum Gasteiger partial charge on any atom is -0.497 e. The highest BCUT2D eigenvalue weighted by Gasteiger charge is 2.27. The van der Waals surface area contributed by atoms with Crippen LogP contribution in [-0.2, 0) is 14.8 Å². The zero-order chi connectivity index (χ0) is 29.4. The molecule has 0 saturated heterocycles. The molecule has 4 aromatic carbocycles. The van der Waals surface area contributed by atoms with E-state index in [2.05, 4.69) is 15.8 Å². The van der Waals surface area contributed by atoms with Gasteiger partial charge in [0.05, 0.1) is 23.4 Å². The van der Waals surface area contributed by atoms with Crippen molar-refractivity contribution in [1.82, 2.24) is 5.43 Å². The van der Waals surface area contributed by atoms with Crippen molar-refractivity contribution in [3.63, 3.8) is 0 Å². The summed E-state index contributed by atoms with van der Waals surface area (Å²) in [4.78, 5) is 25.4. The lowest BCUT2D eigenvalue weighted by atomic mass is 10.1. The van der Waals surface area contributed by atoms with Gasteiger partial charge < -0.3 is 10.1 Å². The number of hydrogen-bond acceptors (Lipinski definition) is 6. The molecule has 4 rings (SSSR count). The van der Waals surface area contributed by atoms with Crippen molar-refractivity contribution in [1.29, 1.82) is 0 Å². The zero-order valence-corrected chi connectivity index (χ0v) is 23.7. The van der Waals surface area contributed by atoms with Crippen LogP contribution < -0.4 is 19.8 Å². The molecule has 4 aromatic rings. The molecule has 0 bridgehead atoms. The number of nitrogens with one attached hydrogen (secondary N) is 2. The minimum absolute atomic E-state index is 0.0536. The number of nitrogens with zero attached hydrogens (tertiary/aromatic N) is 2. The molecule has 9 nitrogen and oxygen atoms in total. The number of ether oxygens (including phenoxy) is 1. The Kier molecular flexibility index (Phi) is 9.15. The van der Waals surface area contributed by atoms with Gasteiger partial charge in [-0.25, -0.2) is 13.8 Å². The third kappa shape index (κ3) is 7.37. The van der Waals surface area contributed by atoms with Crippen LogP contribution in [0.1, 0.15) is 28.4 Å². The third-order valence-electron chi connectivity index (χ3n) is 6.18. The first-order valence-corrected chi connectivity index (χ1v) is 14.1. The van der Waals surface area contributed by atoms with Crippen LogP contribution in [0.5, 0.6) is 5.75 Å². The number of carbonyl (C=O) groups excluding carboxylic acids is 2. The van der Waals surface area contributed by atoms with Crippen LogP contribution in [0.4, 0.5) is 11.4 Å². The molecular formula is C31H30N4O5S. The molecule has 0 spiro atoms. The highest BCUT2D eigenvalue weighted by molar-refractivity contribution is 7.92. The van der Waals surface area contributed by atoms with E-state index in [-0.39, 0.29) is 16.5 Å². The summed E-state index contributed by atoms with van der Waals surface area (Å²) in [6.07, 6.45) is 0. The topological polar surface area (TPSA) is 117 Å². The minimum atomic E-state index is -4.08. The number of benzene rings is 4. The lowest BCUT2D eigenvalue weighted by Crippen LogP contribution is -2.39. The molecule has 41 heavy (non-hydrogen) atoms. The Hall–Kier alpha value is -4.96. The van der Waals surface area contributed by atoms with E-state index in [1.807, 2.05) is 13.0 Å². The highest BCUT2D eigenvalue weighted by atomic mass is 32.2. The van der Waals surface area contributed by atoms with E-state index in [1.54, 1.807) is 91.9 Å². The summed E-state index contributed by atoms with van der Waals surface area (Å²) in [5.74, 6) is -0.406. The Labute approximate surface area is 239 Å². The van der Waals surface area contributed by atoms with E-state index in [4.69, 9.17) is 4.74 Å². The number of amides is 2. The van der Waals surface area contributed by atoms with Gasteiger partial charge in [-0.2, -0.15) is 5.10 Å². The zero-order valence-electron chi connectivity index (χ0n) is 22.9. The van der Waals surface area contributed by atoms with Crippen LogP contribution in [0.2, 0.25) is 0 Å². The summed E-state index contributed by atoms with van der Waals surface area (Å²) < 4.78 is 33.4. The largest absolute Gasteiger partial charge is 0.497 e. The van der Waals surface area contributed by atoms with Crippen molar-refractivity contribution in [3.8, 4) is 5.75 Å². The molecule has 0 aliphatic heterocycles. The molecule has 0 atom stereocenters. The van der Waals surface area contributed by atoms with E-state index in [0.717, 1.165) is 9.87 Å². The number of carbonyl (C=O) groups is 2. The van der Waals surface area contributed by atoms with E-state index in [1.165, 1.54) is 19.2 Å². The second-order valence-electron chi connectivity index (χ2n) is 9.16. The van der Waals surface area contributed by atoms with Gasteiger partial charge in [-0.15, -0.1) is 0 Å². The average Bonchev–Trinajstić information content (AvgIpc) is 2.99. The van der Waals surface area contributed by atoms with Crippen molar-refractivity contribution in [2.75, 3.05) is 23.3 Å². The Bertz CT molecular complexity index is 1650. The molecule has 2 amide bonds. The Morgan fingerprint density at radius 1 is 0.854 bits per heavy atom. The summed E-state index contributed by atoms with van der Waals surface area (Å²) in [5, 5.41) is 6.99. The monoisotopic (exact) mass is 570 g/mol. The van der Waals surface area contributed by atoms with Crippen LogP contribution in [0.3, 0.4) is 0 Å². The van der Waals surface area contributed by atoms with Crippen LogP contribution in [0, 0.1) is 6.92 Å². The first kappa shape index (κ1) is 29.0. The lowest BCUT2D eigenvalue weighted by molar-refractivity contribution is -0.119. The maximum absolute atomic E-state index is 13.6. The molecule has 0 saturated carbocycles. The van der Waals surface area contributed by atoms with Crippen molar-refractivity contribution in [2.24, 2.45) is 5.10 Å². The first-order valence-electron chi connectivity index (χ1n) is 12.7. The molecule has 2 N–H and O–H groups in total. The number of hydrazone groups is 1. The maximum Gasteiger partial charge on any atom is 0.264 e. The standard InChI is InChI=1S/C31H30N4O5S/c1-22-12-18-29(19-13-22)41(38,39)35(27-10-7-11-28(20-27)40-3)21-30(36)34-33-23(2)24-14-16-26(17-15-24)32-31(37)25-8-5-4-6-9-25/h4-20H,21H2,1-3H3,(H,32,37)(H,34,36)/b33-23-. The maximum atomic E-state index is 13.6. The predicted molar refractivity (Wildman–Crippen MR) is 160 cm³/mol. The summed E-state index contributed by atoms with van der Waals surface area (Å²) in [7, 11) is -2.60. The van der Waals surface area contributed by atoms with E-state index in [0.29, 0.717) is 28.3 Å². The number of anilines is 2. The van der Waals surface area contributed by atoms with Crippen LogP contribution >= 0.6 is 0 Å². The molecule has 0 unspecified atom stereocenters. The SMILES string of the molecule is COc1cccc(N(CC(=O)N/N=C(/C)c2ccc(NC(=O)c3ccccc3)cc2)S(=O)(=O)c2ccc(C)cc2)c1. The number of hydrogen-bond donors (Lipinski definition) is 2. The quantitative estimate of drug-likeness (QED) is 0.206. The summed E-state index contributed by atoms with van der Waals surface area (Å²) in [5.41, 5.74) is 5.99. The van der Waals surface area contributed by atoms with Gasteiger partial charge in [-0.1, -0.05) is 54.1 Å². The van der Waals surface area contributed by atoms with Crippen molar-refractivity contribution in [3.05, 3.63) is 120 Å². The van der Waals surface area contributed by atoms with Gasteiger partial charge >= 0.3 is 0 Å². The molecule has 0 fully saturated rings. The van der Waals surface area contributed by atoms with Gasteiger partial charge in [-0.05, 0) is 67.9 Å². The van der Waals surface area contributed by atoms with Crippen molar-refractivity contribution in [2.45, 2.75) is 18.7 Å². The number of sulfonamides is 1. The van der Waals surface area contributed by atoms with Gasteiger partial charge in [0, 0.05) is 17.3 Å². The fraction of sp³-hybridized carbons (Fsp3) is 0.129. The van der Waals surface area contributed by atoms with E-state index >= 15 is 0 Å². The lowest BCUT2D eigenvalue weighted by Gasteiger charge is -2.24. The second kappa shape index (κ2) is 12.9. The molecule has 0 radical (unpaired) electrons. The van der Waals surface area contributed by atoms with Gasteiger partial charge in [0.2, 0.25) is 0 Å². The summed E-state index contributed by atoms with van der Waals surface area (Å²) >= 11 is 0. The second-order valence-corrected chi connectivity index (χ2v) is 11.0. The fourth-order valence-electron chi connectivity index (χ4n) is 3.88. The van der Waals surface area contributed by atoms with Crippen LogP contribution in [0.15, 0.2) is 113 Å². The number of rotatable bonds is 10.